The Morgan fingerprint density at radius 3 is 2.89 bits per heavy atom. The third-order valence-corrected chi connectivity index (χ3v) is 3.75. The summed E-state index contributed by atoms with van der Waals surface area (Å²) in [5.41, 5.74) is 3.48. The highest BCUT2D eigenvalue weighted by atomic mass is 19.1. The zero-order chi connectivity index (χ0) is 14.2. The highest BCUT2D eigenvalue weighted by Gasteiger charge is 2.44. The molecule has 3 atom stereocenters. The van der Waals surface area contributed by atoms with E-state index in [1.807, 2.05) is 0 Å². The van der Waals surface area contributed by atoms with Crippen molar-refractivity contribution in [1.29, 1.82) is 0 Å². The summed E-state index contributed by atoms with van der Waals surface area (Å²) in [7, 11) is 1.48. The number of aliphatic hydroxyl groups excluding tert-OH is 1. The minimum absolute atomic E-state index is 0.00222. The molecule has 0 bridgehead atoms. The molecule has 0 aliphatic heterocycles. The molecule has 1 fully saturated rings. The normalized spacial score (nSPS) is 32.0. The van der Waals surface area contributed by atoms with Gasteiger partial charge in [0.15, 0.2) is 11.4 Å². The summed E-state index contributed by atoms with van der Waals surface area (Å²) in [4.78, 5) is 10.3. The van der Waals surface area contributed by atoms with E-state index in [0.717, 1.165) is 6.20 Å². The maximum atomic E-state index is 15.1. The van der Waals surface area contributed by atoms with Crippen LogP contribution in [0.2, 0.25) is 0 Å². The lowest BCUT2D eigenvalue weighted by molar-refractivity contribution is -0.386. The number of aliphatic hydroxyl groups is 1. The third kappa shape index (κ3) is 2.45. The van der Waals surface area contributed by atoms with Gasteiger partial charge in [-0.05, 0) is 25.7 Å². The van der Waals surface area contributed by atoms with Crippen molar-refractivity contribution in [3.8, 4) is 0 Å². The molecule has 1 aromatic heterocycles. The van der Waals surface area contributed by atoms with E-state index in [-0.39, 0.29) is 37.1 Å². The first-order valence-corrected chi connectivity index (χ1v) is 6.14. The van der Waals surface area contributed by atoms with Crippen molar-refractivity contribution in [3.05, 3.63) is 22.0 Å². The first-order valence-electron chi connectivity index (χ1n) is 6.14. The molecular formula is C11H17FN4O3. The van der Waals surface area contributed by atoms with E-state index in [9.17, 15) is 15.2 Å². The number of nitrogens with zero attached hydrogens (tertiary/aromatic N) is 3. The number of hydrogen-bond donors (Lipinski definition) is 2. The number of nitro groups is 1. The summed E-state index contributed by atoms with van der Waals surface area (Å²) in [5, 5.41) is 24.4. The summed E-state index contributed by atoms with van der Waals surface area (Å²) in [6, 6.07) is -0.495. The molecule has 1 aromatic rings. The SMILES string of the molecule is Cn1ncc([N+](=O)[O-])c1C1(F)CCC(N)C(O)CC1. The molecule has 7 nitrogen and oxygen atoms in total. The van der Waals surface area contributed by atoms with Crippen LogP contribution in [-0.4, -0.2) is 32.0 Å². The quantitative estimate of drug-likeness (QED) is 0.469. The summed E-state index contributed by atoms with van der Waals surface area (Å²) in [5.74, 6) is 0. The van der Waals surface area contributed by atoms with Crippen LogP contribution in [0.3, 0.4) is 0 Å². The maximum Gasteiger partial charge on any atom is 0.313 e. The minimum Gasteiger partial charge on any atom is -0.392 e. The zero-order valence-electron chi connectivity index (χ0n) is 10.6. The number of alkyl halides is 1. The van der Waals surface area contributed by atoms with Gasteiger partial charge >= 0.3 is 5.69 Å². The summed E-state index contributed by atoms with van der Waals surface area (Å²) >= 11 is 0. The molecule has 2 rings (SSSR count). The van der Waals surface area contributed by atoms with E-state index >= 15 is 4.39 Å². The highest BCUT2D eigenvalue weighted by molar-refractivity contribution is 5.37. The number of hydrogen-bond acceptors (Lipinski definition) is 5. The van der Waals surface area contributed by atoms with Gasteiger partial charge < -0.3 is 10.8 Å². The first kappa shape index (κ1) is 13.9. The molecule has 0 amide bonds. The Bertz CT molecular complexity index is 478. The van der Waals surface area contributed by atoms with E-state index in [1.54, 1.807) is 0 Å². The largest absolute Gasteiger partial charge is 0.392 e. The third-order valence-electron chi connectivity index (χ3n) is 3.75. The highest BCUT2D eigenvalue weighted by Crippen LogP contribution is 2.42. The Balaban J connectivity index is 2.39. The summed E-state index contributed by atoms with van der Waals surface area (Å²) < 4.78 is 16.3. The van der Waals surface area contributed by atoms with Crippen LogP contribution in [-0.2, 0) is 12.7 Å². The average molecular weight is 272 g/mol. The van der Waals surface area contributed by atoms with Crippen LogP contribution in [0.15, 0.2) is 6.20 Å². The van der Waals surface area contributed by atoms with Crippen molar-refractivity contribution in [2.24, 2.45) is 12.8 Å². The second kappa shape index (κ2) is 4.86. The lowest BCUT2D eigenvalue weighted by atomic mass is 9.91. The molecular weight excluding hydrogens is 255 g/mol. The Morgan fingerprint density at radius 2 is 2.26 bits per heavy atom. The van der Waals surface area contributed by atoms with E-state index < -0.39 is 22.7 Å². The van der Waals surface area contributed by atoms with Crippen molar-refractivity contribution in [2.45, 2.75) is 43.5 Å². The van der Waals surface area contributed by atoms with Gasteiger partial charge in [0, 0.05) is 13.1 Å². The van der Waals surface area contributed by atoms with Gasteiger partial charge in [-0.2, -0.15) is 5.10 Å². The number of halogens is 1. The second-order valence-electron chi connectivity index (χ2n) is 5.03. The Kier molecular flexibility index (Phi) is 3.55. The van der Waals surface area contributed by atoms with E-state index in [1.165, 1.54) is 11.7 Å². The van der Waals surface area contributed by atoms with Gasteiger partial charge in [0.2, 0.25) is 0 Å². The molecule has 0 saturated heterocycles. The van der Waals surface area contributed by atoms with Crippen LogP contribution in [0.5, 0.6) is 0 Å². The zero-order valence-corrected chi connectivity index (χ0v) is 10.6. The number of aryl methyl sites for hydroxylation is 1. The Hall–Kier alpha value is -1.54. The van der Waals surface area contributed by atoms with Gasteiger partial charge in [-0.1, -0.05) is 0 Å². The molecule has 106 valence electrons. The van der Waals surface area contributed by atoms with Crippen LogP contribution >= 0.6 is 0 Å². The fourth-order valence-corrected chi connectivity index (χ4v) is 2.62. The van der Waals surface area contributed by atoms with Crippen molar-refractivity contribution < 1.29 is 14.4 Å². The van der Waals surface area contributed by atoms with Crippen LogP contribution in [0.4, 0.5) is 10.1 Å². The maximum absolute atomic E-state index is 15.1. The molecule has 1 aliphatic carbocycles. The van der Waals surface area contributed by atoms with Gasteiger partial charge in [0.25, 0.3) is 0 Å². The molecule has 1 saturated carbocycles. The van der Waals surface area contributed by atoms with Gasteiger partial charge in [-0.15, -0.1) is 0 Å². The standard InChI is InChI=1S/C11H17FN4O3/c1-15-10(8(6-14-15)16(18)19)11(12)4-2-7(13)9(17)3-5-11/h6-7,9,17H,2-5,13H2,1H3. The molecule has 0 spiro atoms. The lowest BCUT2D eigenvalue weighted by Crippen LogP contribution is -2.33. The predicted octanol–water partition coefficient (Wildman–Crippen LogP) is 0.755. The van der Waals surface area contributed by atoms with Crippen LogP contribution in [0.1, 0.15) is 31.4 Å². The molecule has 1 aliphatic rings. The van der Waals surface area contributed by atoms with Crippen LogP contribution < -0.4 is 5.73 Å². The molecule has 19 heavy (non-hydrogen) atoms. The van der Waals surface area contributed by atoms with Crippen LogP contribution in [0, 0.1) is 10.1 Å². The lowest BCUT2D eigenvalue weighted by Gasteiger charge is -2.23. The van der Waals surface area contributed by atoms with Crippen molar-refractivity contribution in [3.63, 3.8) is 0 Å². The fourth-order valence-electron chi connectivity index (χ4n) is 2.62. The number of aromatic nitrogens is 2. The topological polar surface area (TPSA) is 107 Å². The van der Waals surface area contributed by atoms with Crippen LogP contribution in [0.25, 0.3) is 0 Å². The van der Waals surface area contributed by atoms with Gasteiger partial charge in [-0.25, -0.2) is 4.39 Å². The molecule has 3 unspecified atom stereocenters. The molecule has 8 heteroatoms. The van der Waals surface area contributed by atoms with E-state index in [0.29, 0.717) is 0 Å². The fraction of sp³-hybridized carbons (Fsp3) is 0.727. The predicted molar refractivity (Wildman–Crippen MR) is 65.1 cm³/mol. The van der Waals surface area contributed by atoms with Gasteiger partial charge in [0.1, 0.15) is 6.20 Å². The first-order chi connectivity index (χ1) is 8.85. The Morgan fingerprint density at radius 1 is 1.63 bits per heavy atom. The molecule has 3 N–H and O–H groups in total. The minimum atomic E-state index is -1.87. The Labute approximate surface area is 109 Å². The van der Waals surface area contributed by atoms with Crippen molar-refractivity contribution in [1.82, 2.24) is 9.78 Å². The smallest absolute Gasteiger partial charge is 0.313 e. The van der Waals surface area contributed by atoms with Crippen molar-refractivity contribution >= 4 is 5.69 Å². The average Bonchev–Trinajstić information content (AvgIpc) is 2.70. The molecule has 0 aromatic carbocycles. The van der Waals surface area contributed by atoms with Gasteiger partial charge in [-0.3, -0.25) is 14.8 Å². The second-order valence-corrected chi connectivity index (χ2v) is 5.03. The summed E-state index contributed by atoms with van der Waals surface area (Å²) in [6.45, 7) is 0. The monoisotopic (exact) mass is 272 g/mol. The molecule has 0 radical (unpaired) electrons. The van der Waals surface area contributed by atoms with Crippen molar-refractivity contribution in [2.75, 3.05) is 0 Å². The number of rotatable bonds is 2. The van der Waals surface area contributed by atoms with E-state index in [4.69, 9.17) is 5.73 Å². The number of nitrogens with two attached hydrogens (primary N) is 1. The molecule has 1 heterocycles. The summed E-state index contributed by atoms with van der Waals surface area (Å²) in [6.07, 6.45) is 0.788. The van der Waals surface area contributed by atoms with Gasteiger partial charge in [0.05, 0.1) is 11.0 Å². The van der Waals surface area contributed by atoms with E-state index in [2.05, 4.69) is 5.10 Å².